The Morgan fingerprint density at radius 2 is 1.74 bits per heavy atom. The van der Waals surface area contributed by atoms with Crippen molar-refractivity contribution in [3.63, 3.8) is 0 Å². The van der Waals surface area contributed by atoms with Crippen LogP contribution in [0, 0.1) is 13.8 Å². The van der Waals surface area contributed by atoms with Crippen LogP contribution in [0.15, 0.2) is 53.4 Å². The van der Waals surface area contributed by atoms with Crippen LogP contribution in [0.25, 0.3) is 16.9 Å². The van der Waals surface area contributed by atoms with Crippen LogP contribution >= 0.6 is 0 Å². The zero-order valence-electron chi connectivity index (χ0n) is 22.6. The highest BCUT2D eigenvalue weighted by atomic mass is 32.2. The van der Waals surface area contributed by atoms with Crippen molar-refractivity contribution in [2.24, 2.45) is 0 Å². The van der Waals surface area contributed by atoms with Gasteiger partial charge in [-0.05, 0) is 63.6 Å². The minimum Gasteiger partial charge on any atom is -0.493 e. The van der Waals surface area contributed by atoms with E-state index in [-0.39, 0.29) is 16.7 Å². The van der Waals surface area contributed by atoms with Crippen LogP contribution in [0.4, 0.5) is 5.69 Å². The van der Waals surface area contributed by atoms with Gasteiger partial charge in [0, 0.05) is 30.3 Å². The minimum absolute atomic E-state index is 0.110. The average Bonchev–Trinajstić information content (AvgIpc) is 3.50. The highest BCUT2D eigenvalue weighted by Crippen LogP contribution is 2.36. The van der Waals surface area contributed by atoms with Gasteiger partial charge in [-0.1, -0.05) is 12.1 Å². The molecule has 0 spiro atoms. The Morgan fingerprint density at radius 1 is 1.03 bits per heavy atom. The summed E-state index contributed by atoms with van der Waals surface area (Å²) < 4.78 is 41.6. The number of methoxy groups -OCH3 is 2. The Kier molecular flexibility index (Phi) is 7.04. The van der Waals surface area contributed by atoms with Crippen LogP contribution in [-0.4, -0.2) is 62.2 Å². The molecule has 5 rings (SSSR count). The average molecular weight is 550 g/mol. The second-order valence-corrected chi connectivity index (χ2v) is 11.4. The van der Waals surface area contributed by atoms with Crippen LogP contribution in [0.3, 0.4) is 0 Å². The number of benzene rings is 2. The van der Waals surface area contributed by atoms with Crippen LogP contribution in [0.5, 0.6) is 11.5 Å². The number of nitrogens with one attached hydrogen (secondary N) is 1. The molecule has 3 heterocycles. The van der Waals surface area contributed by atoms with Gasteiger partial charge >= 0.3 is 0 Å². The normalized spacial score (nSPS) is 15.6. The molecular formula is C28H31N5O5S. The van der Waals surface area contributed by atoms with Gasteiger partial charge in [-0.3, -0.25) is 4.79 Å². The number of sulfonamides is 1. The first-order chi connectivity index (χ1) is 18.6. The Hall–Kier alpha value is -3.96. The van der Waals surface area contributed by atoms with Gasteiger partial charge in [0.25, 0.3) is 0 Å². The number of rotatable bonds is 8. The number of hydrogen-bond acceptors (Lipinski definition) is 8. The van der Waals surface area contributed by atoms with E-state index in [1.807, 2.05) is 42.6 Å². The Labute approximate surface area is 227 Å². The number of fused-ring (bicyclic) bond motifs is 1. The predicted octanol–water partition coefficient (Wildman–Crippen LogP) is 3.79. The number of anilines is 1. The van der Waals surface area contributed by atoms with Crippen LogP contribution in [-0.2, 0) is 10.0 Å². The van der Waals surface area contributed by atoms with Gasteiger partial charge in [0.2, 0.25) is 10.0 Å². The number of Topliss-reactive ketones (excluding diaryl/α,β-unsaturated/α-hetero) is 1. The lowest BCUT2D eigenvalue weighted by Crippen LogP contribution is -2.37. The first-order valence-corrected chi connectivity index (χ1v) is 14.1. The first kappa shape index (κ1) is 26.6. The summed E-state index contributed by atoms with van der Waals surface area (Å²) in [6.45, 7) is 6.47. The van der Waals surface area contributed by atoms with Crippen molar-refractivity contribution in [2.75, 3.05) is 32.2 Å². The van der Waals surface area contributed by atoms with Crippen molar-refractivity contribution >= 4 is 27.1 Å². The maximum absolute atomic E-state index is 13.0. The van der Waals surface area contributed by atoms with Gasteiger partial charge in [-0.2, -0.15) is 5.10 Å². The summed E-state index contributed by atoms with van der Waals surface area (Å²) in [7, 11) is -0.538. The molecule has 4 aromatic rings. The van der Waals surface area contributed by atoms with Crippen molar-refractivity contribution in [2.45, 2.75) is 38.1 Å². The molecule has 2 aromatic heterocycles. The molecule has 39 heavy (non-hydrogen) atoms. The van der Waals surface area contributed by atoms with Gasteiger partial charge in [-0.25, -0.2) is 22.6 Å². The maximum atomic E-state index is 13.0. The molecule has 0 radical (unpaired) electrons. The lowest BCUT2D eigenvalue weighted by Gasteiger charge is -2.20. The van der Waals surface area contributed by atoms with E-state index in [4.69, 9.17) is 19.6 Å². The smallest absolute Gasteiger partial charge is 0.240 e. The third-order valence-corrected chi connectivity index (χ3v) is 8.48. The number of aryl methyl sites for hydroxylation is 2. The number of ether oxygens (including phenoxy) is 2. The van der Waals surface area contributed by atoms with Crippen molar-refractivity contribution in [3.8, 4) is 22.8 Å². The summed E-state index contributed by atoms with van der Waals surface area (Å²) >= 11 is 0. The maximum Gasteiger partial charge on any atom is 0.240 e. The van der Waals surface area contributed by atoms with E-state index in [0.29, 0.717) is 42.2 Å². The van der Waals surface area contributed by atoms with Crippen molar-refractivity contribution in [1.29, 1.82) is 0 Å². The summed E-state index contributed by atoms with van der Waals surface area (Å²) in [6, 6.07) is 13.4. The van der Waals surface area contributed by atoms with E-state index in [1.165, 1.54) is 31.2 Å². The first-order valence-electron chi connectivity index (χ1n) is 12.6. The van der Waals surface area contributed by atoms with Gasteiger partial charge in [0.1, 0.15) is 0 Å². The molecule has 204 valence electrons. The topological polar surface area (TPSA) is 115 Å². The molecule has 0 unspecified atom stereocenters. The van der Waals surface area contributed by atoms with Gasteiger partial charge in [-0.15, -0.1) is 0 Å². The third-order valence-electron chi connectivity index (χ3n) is 6.94. The molecule has 11 heteroatoms. The van der Waals surface area contributed by atoms with Crippen molar-refractivity contribution in [3.05, 3.63) is 65.5 Å². The van der Waals surface area contributed by atoms with Crippen LogP contribution < -0.4 is 19.1 Å². The van der Waals surface area contributed by atoms with E-state index in [9.17, 15) is 13.2 Å². The molecule has 0 bridgehead atoms. The summed E-state index contributed by atoms with van der Waals surface area (Å²) in [5.41, 5.74) is 5.43. The zero-order valence-corrected chi connectivity index (χ0v) is 23.4. The van der Waals surface area contributed by atoms with E-state index in [2.05, 4.69) is 9.62 Å². The SMILES string of the molecule is COc1ccc(-c2c(C)nc3c(N4CC[C@@H](NS(=O)(=O)c5ccc(C(C)=O)cc5)C4)cc(C)nn23)cc1OC. The quantitative estimate of drug-likeness (QED) is 0.330. The molecule has 1 saturated heterocycles. The number of carbonyl (C=O) groups excluding carboxylic acids is 1. The fraction of sp³-hybridized carbons (Fsp3) is 0.321. The summed E-state index contributed by atoms with van der Waals surface area (Å²) in [6.07, 6.45) is 0.639. The van der Waals surface area contributed by atoms with Crippen molar-refractivity contribution < 1.29 is 22.7 Å². The number of nitrogens with zero attached hydrogens (tertiary/aromatic N) is 4. The monoisotopic (exact) mass is 549 g/mol. The predicted molar refractivity (Wildman–Crippen MR) is 148 cm³/mol. The number of imidazole rings is 1. The molecule has 2 aromatic carbocycles. The van der Waals surface area contributed by atoms with E-state index in [1.54, 1.807) is 14.2 Å². The highest BCUT2D eigenvalue weighted by molar-refractivity contribution is 7.89. The van der Waals surface area contributed by atoms with Crippen molar-refractivity contribution in [1.82, 2.24) is 19.3 Å². The largest absolute Gasteiger partial charge is 0.493 e. The summed E-state index contributed by atoms with van der Waals surface area (Å²) in [4.78, 5) is 18.7. The molecular weight excluding hydrogens is 518 g/mol. The molecule has 1 atom stereocenters. The lowest BCUT2D eigenvalue weighted by atomic mass is 10.1. The van der Waals surface area contributed by atoms with E-state index in [0.717, 1.165) is 28.3 Å². The van der Waals surface area contributed by atoms with E-state index < -0.39 is 10.0 Å². The fourth-order valence-electron chi connectivity index (χ4n) is 5.01. The molecule has 0 aliphatic carbocycles. The molecule has 1 aliphatic heterocycles. The second kappa shape index (κ2) is 10.3. The minimum atomic E-state index is -3.74. The van der Waals surface area contributed by atoms with Crippen LogP contribution in [0.2, 0.25) is 0 Å². The summed E-state index contributed by atoms with van der Waals surface area (Å²) in [5, 5.41) is 4.76. The molecule has 1 N–H and O–H groups in total. The molecule has 1 aliphatic rings. The standard InChI is InChI=1S/C28H31N5O5S/c1-17-14-24(28-29-18(2)27(33(28)30-17)21-8-11-25(37-4)26(15-21)38-5)32-13-12-22(16-32)31-39(35,36)23-9-6-20(7-10-23)19(3)34/h6-11,14-15,22,31H,12-13,16H2,1-5H3/t22-/m1/s1. The van der Waals surface area contributed by atoms with Gasteiger partial charge in [0.15, 0.2) is 22.9 Å². The summed E-state index contributed by atoms with van der Waals surface area (Å²) in [5.74, 6) is 1.14. The Bertz CT molecular complexity index is 1660. The van der Waals surface area contributed by atoms with Gasteiger partial charge in [0.05, 0.1) is 41.9 Å². The van der Waals surface area contributed by atoms with Gasteiger partial charge < -0.3 is 14.4 Å². The number of carbonyl (C=O) groups is 1. The number of ketones is 1. The Balaban J connectivity index is 1.43. The molecule has 10 nitrogen and oxygen atoms in total. The molecule has 1 fully saturated rings. The Morgan fingerprint density at radius 3 is 2.41 bits per heavy atom. The molecule has 0 amide bonds. The second-order valence-electron chi connectivity index (χ2n) is 9.66. The number of aromatic nitrogens is 3. The zero-order chi connectivity index (χ0) is 27.9. The number of hydrogen-bond donors (Lipinski definition) is 1. The third kappa shape index (κ3) is 5.07. The van der Waals surface area contributed by atoms with E-state index >= 15 is 0 Å². The lowest BCUT2D eigenvalue weighted by molar-refractivity contribution is 0.101. The highest BCUT2D eigenvalue weighted by Gasteiger charge is 2.30. The van der Waals surface area contributed by atoms with Crippen LogP contribution in [0.1, 0.15) is 35.1 Å². The molecule has 0 saturated carbocycles. The fourth-order valence-corrected chi connectivity index (χ4v) is 6.27.